The van der Waals surface area contributed by atoms with E-state index in [0.717, 1.165) is 30.4 Å². The quantitative estimate of drug-likeness (QED) is 0.687. The van der Waals surface area contributed by atoms with Gasteiger partial charge in [0.15, 0.2) is 11.7 Å². The highest BCUT2D eigenvalue weighted by Crippen LogP contribution is 2.46. The van der Waals surface area contributed by atoms with Crippen molar-refractivity contribution in [3.8, 4) is 5.75 Å². The van der Waals surface area contributed by atoms with E-state index in [1.54, 1.807) is 29.2 Å². The number of fused-ring (bicyclic) bond motifs is 1. The molecule has 0 spiro atoms. The predicted molar refractivity (Wildman–Crippen MR) is 111 cm³/mol. The number of methoxy groups -OCH3 is 1. The Labute approximate surface area is 183 Å². The molecule has 1 amide bonds. The van der Waals surface area contributed by atoms with Crippen molar-refractivity contribution in [1.82, 2.24) is 14.7 Å². The van der Waals surface area contributed by atoms with Crippen molar-refractivity contribution in [1.29, 1.82) is 0 Å². The second-order valence-electron chi connectivity index (χ2n) is 7.93. The Balaban J connectivity index is 1.69. The van der Waals surface area contributed by atoms with E-state index in [1.165, 1.54) is 7.11 Å². The molecule has 3 heterocycles. The smallest absolute Gasteiger partial charge is 0.410 e. The van der Waals surface area contributed by atoms with Gasteiger partial charge in [-0.3, -0.25) is 4.79 Å². The zero-order chi connectivity index (χ0) is 22.2. The first-order valence-electron chi connectivity index (χ1n) is 10.3. The van der Waals surface area contributed by atoms with E-state index in [2.05, 4.69) is 10.4 Å². The van der Waals surface area contributed by atoms with E-state index >= 15 is 0 Å². The van der Waals surface area contributed by atoms with Crippen LogP contribution in [0.3, 0.4) is 0 Å². The maximum atomic E-state index is 13.9. The first kappa shape index (κ1) is 21.8. The SMILES string of the molecule is COc1ccc([C@@H]2C[C@H](C(F)(F)F)n3nc(C(=O)N4CCCCCC4)c(Cl)c3N2)cc1. The van der Waals surface area contributed by atoms with E-state index < -0.39 is 24.2 Å². The number of benzene rings is 1. The van der Waals surface area contributed by atoms with Crippen LogP contribution in [0.25, 0.3) is 0 Å². The zero-order valence-corrected chi connectivity index (χ0v) is 17.8. The number of carbonyl (C=O) groups is 1. The fourth-order valence-electron chi connectivity index (χ4n) is 4.20. The molecule has 2 aliphatic heterocycles. The predicted octanol–water partition coefficient (Wildman–Crippen LogP) is 5.22. The number of carbonyl (C=O) groups excluding carboxylic acids is 1. The van der Waals surface area contributed by atoms with Crippen LogP contribution in [0, 0.1) is 0 Å². The number of hydrogen-bond acceptors (Lipinski definition) is 4. The molecule has 4 rings (SSSR count). The van der Waals surface area contributed by atoms with Crippen LogP contribution in [-0.4, -0.2) is 47.0 Å². The summed E-state index contributed by atoms with van der Waals surface area (Å²) in [6.07, 6.45) is -1.03. The highest BCUT2D eigenvalue weighted by molar-refractivity contribution is 6.36. The number of nitrogens with zero attached hydrogens (tertiary/aromatic N) is 3. The Morgan fingerprint density at radius 3 is 2.39 bits per heavy atom. The van der Waals surface area contributed by atoms with Gasteiger partial charge in [0.1, 0.15) is 16.6 Å². The molecule has 1 saturated heterocycles. The number of likely N-dealkylation sites (tertiary alicyclic amines) is 1. The monoisotopic (exact) mass is 456 g/mol. The van der Waals surface area contributed by atoms with Crippen molar-refractivity contribution >= 4 is 23.3 Å². The normalized spacial score (nSPS) is 21.8. The van der Waals surface area contributed by atoms with Gasteiger partial charge in [0.2, 0.25) is 0 Å². The van der Waals surface area contributed by atoms with Crippen molar-refractivity contribution in [3.63, 3.8) is 0 Å². The van der Waals surface area contributed by atoms with Crippen LogP contribution in [0.15, 0.2) is 24.3 Å². The van der Waals surface area contributed by atoms with E-state index in [0.29, 0.717) is 24.4 Å². The van der Waals surface area contributed by atoms with Gasteiger partial charge in [0, 0.05) is 19.5 Å². The van der Waals surface area contributed by atoms with Crippen LogP contribution < -0.4 is 10.1 Å². The van der Waals surface area contributed by atoms with E-state index in [-0.39, 0.29) is 23.0 Å². The van der Waals surface area contributed by atoms with Gasteiger partial charge in [-0.05, 0) is 30.5 Å². The van der Waals surface area contributed by atoms with Crippen molar-refractivity contribution in [3.05, 3.63) is 40.5 Å². The molecule has 1 aromatic carbocycles. The molecule has 2 aliphatic rings. The minimum atomic E-state index is -4.54. The average molecular weight is 457 g/mol. The fraction of sp³-hybridized carbons (Fsp3) is 0.524. The van der Waals surface area contributed by atoms with Gasteiger partial charge >= 0.3 is 6.18 Å². The number of alkyl halides is 3. The van der Waals surface area contributed by atoms with Gasteiger partial charge in [0.25, 0.3) is 5.91 Å². The number of nitrogens with one attached hydrogen (secondary N) is 1. The molecule has 6 nitrogen and oxygen atoms in total. The van der Waals surface area contributed by atoms with Gasteiger partial charge < -0.3 is 15.0 Å². The lowest BCUT2D eigenvalue weighted by Crippen LogP contribution is -2.36. The van der Waals surface area contributed by atoms with Gasteiger partial charge in [-0.25, -0.2) is 4.68 Å². The number of halogens is 4. The third-order valence-electron chi connectivity index (χ3n) is 5.91. The van der Waals surface area contributed by atoms with Gasteiger partial charge in [0.05, 0.1) is 13.2 Å². The van der Waals surface area contributed by atoms with Crippen LogP contribution in [0.5, 0.6) is 5.75 Å². The van der Waals surface area contributed by atoms with Crippen LogP contribution >= 0.6 is 11.6 Å². The largest absolute Gasteiger partial charge is 0.497 e. The molecule has 10 heteroatoms. The maximum Gasteiger partial charge on any atom is 0.410 e. The molecule has 2 atom stereocenters. The van der Waals surface area contributed by atoms with Crippen LogP contribution in [0.4, 0.5) is 19.0 Å². The maximum absolute atomic E-state index is 13.9. The number of anilines is 1. The first-order chi connectivity index (χ1) is 14.8. The molecule has 1 aromatic heterocycles. The standard InChI is InChI=1S/C21H24ClF3N4O2/c1-31-14-8-6-13(7-9-14)15-12-16(21(23,24)25)29-19(26-15)17(22)18(27-29)20(30)28-10-4-2-3-5-11-28/h6-9,15-16,26H,2-5,10-12H2,1H3/t15-,16+/m0/s1. The van der Waals surface area contributed by atoms with E-state index in [1.807, 2.05) is 0 Å². The summed E-state index contributed by atoms with van der Waals surface area (Å²) in [5.41, 5.74) is 0.537. The van der Waals surface area contributed by atoms with Crippen LogP contribution in [0.2, 0.25) is 5.02 Å². The molecule has 0 radical (unpaired) electrons. The summed E-state index contributed by atoms with van der Waals surface area (Å²) in [6.45, 7) is 1.11. The lowest BCUT2D eigenvalue weighted by atomic mass is 9.97. The lowest BCUT2D eigenvalue weighted by Gasteiger charge is -2.33. The molecular weight excluding hydrogens is 433 g/mol. The summed E-state index contributed by atoms with van der Waals surface area (Å²) in [7, 11) is 1.52. The Morgan fingerprint density at radius 1 is 1.16 bits per heavy atom. The van der Waals surface area contributed by atoms with E-state index in [4.69, 9.17) is 16.3 Å². The Morgan fingerprint density at radius 2 is 1.81 bits per heavy atom. The van der Waals surface area contributed by atoms with Gasteiger partial charge in [-0.2, -0.15) is 18.3 Å². The van der Waals surface area contributed by atoms with Crippen molar-refractivity contribution in [2.24, 2.45) is 0 Å². The first-order valence-corrected chi connectivity index (χ1v) is 10.7. The third-order valence-corrected chi connectivity index (χ3v) is 6.27. The number of amides is 1. The minimum Gasteiger partial charge on any atom is -0.497 e. The summed E-state index contributed by atoms with van der Waals surface area (Å²) in [5, 5.41) is 7.05. The number of rotatable bonds is 3. The highest BCUT2D eigenvalue weighted by atomic mass is 35.5. The van der Waals surface area contributed by atoms with Crippen molar-refractivity contribution < 1.29 is 22.7 Å². The van der Waals surface area contributed by atoms with Crippen LogP contribution in [0.1, 0.15) is 60.2 Å². The van der Waals surface area contributed by atoms with Crippen molar-refractivity contribution in [2.75, 3.05) is 25.5 Å². The van der Waals surface area contributed by atoms with Gasteiger partial charge in [-0.1, -0.05) is 36.6 Å². The molecule has 2 aromatic rings. The molecule has 1 fully saturated rings. The molecule has 1 N–H and O–H groups in total. The number of ether oxygens (including phenoxy) is 1. The Bertz CT molecular complexity index is 937. The zero-order valence-electron chi connectivity index (χ0n) is 17.1. The average Bonchev–Trinajstić information content (AvgIpc) is 2.93. The molecule has 0 unspecified atom stereocenters. The Kier molecular flexibility index (Phi) is 6.05. The molecule has 0 saturated carbocycles. The Hall–Kier alpha value is -2.42. The molecule has 0 aliphatic carbocycles. The second kappa shape index (κ2) is 8.61. The molecular formula is C21H24ClF3N4O2. The molecule has 168 valence electrons. The number of hydrogen-bond donors (Lipinski definition) is 1. The summed E-state index contributed by atoms with van der Waals surface area (Å²) < 4.78 is 47.7. The topological polar surface area (TPSA) is 59.4 Å². The minimum absolute atomic E-state index is 0.0224. The summed E-state index contributed by atoms with van der Waals surface area (Å²) in [4.78, 5) is 14.6. The third kappa shape index (κ3) is 4.33. The number of aromatic nitrogens is 2. The van der Waals surface area contributed by atoms with Gasteiger partial charge in [-0.15, -0.1) is 0 Å². The molecule has 0 bridgehead atoms. The van der Waals surface area contributed by atoms with Crippen LogP contribution in [-0.2, 0) is 0 Å². The van der Waals surface area contributed by atoms with E-state index in [9.17, 15) is 18.0 Å². The highest BCUT2D eigenvalue weighted by Gasteiger charge is 2.48. The lowest BCUT2D eigenvalue weighted by molar-refractivity contribution is -0.173. The fourth-order valence-corrected chi connectivity index (χ4v) is 4.46. The van der Waals surface area contributed by atoms with Crippen molar-refractivity contribution in [2.45, 2.75) is 50.4 Å². The molecule has 31 heavy (non-hydrogen) atoms. The summed E-state index contributed by atoms with van der Waals surface area (Å²) in [5.74, 6) is 0.215. The second-order valence-corrected chi connectivity index (χ2v) is 8.30. The summed E-state index contributed by atoms with van der Waals surface area (Å²) >= 11 is 6.43. The summed E-state index contributed by atoms with van der Waals surface area (Å²) in [6, 6.07) is 4.29.